The van der Waals surface area contributed by atoms with Crippen LogP contribution in [-0.4, -0.2) is 29.6 Å². The van der Waals surface area contributed by atoms with Crippen molar-refractivity contribution in [3.05, 3.63) is 124 Å². The summed E-state index contributed by atoms with van der Waals surface area (Å²) in [5, 5.41) is 8.59. The summed E-state index contributed by atoms with van der Waals surface area (Å²) in [7, 11) is 0. The van der Waals surface area contributed by atoms with Gasteiger partial charge >= 0.3 is 0 Å². The molecule has 0 aromatic heterocycles. The first-order valence-corrected chi connectivity index (χ1v) is 16.0. The normalized spacial score (nSPS) is 11.8. The Morgan fingerprint density at radius 3 is 2.33 bits per heavy atom. The molecule has 0 radical (unpaired) electrons. The van der Waals surface area contributed by atoms with Crippen molar-refractivity contribution in [1.82, 2.24) is 5.32 Å². The van der Waals surface area contributed by atoms with Gasteiger partial charge in [0, 0.05) is 21.8 Å². The van der Waals surface area contributed by atoms with Gasteiger partial charge in [-0.2, -0.15) is 0 Å². The quantitative estimate of drug-likeness (QED) is 0.0756. The monoisotopic (exact) mass is 661 g/mol. The molecule has 1 unspecified atom stereocenters. The molecule has 0 aliphatic carbocycles. The molecule has 0 bridgehead atoms. The van der Waals surface area contributed by atoms with E-state index in [2.05, 4.69) is 22.9 Å². The van der Waals surface area contributed by atoms with Gasteiger partial charge < -0.3 is 20.7 Å². The Hall–Kier alpha value is -4.24. The van der Waals surface area contributed by atoms with E-state index in [1.165, 1.54) is 17.8 Å². The van der Waals surface area contributed by atoms with E-state index in [4.69, 9.17) is 27.9 Å². The third-order valence-electron chi connectivity index (χ3n) is 6.47. The van der Waals surface area contributed by atoms with Gasteiger partial charge in [0.15, 0.2) is 0 Å². The van der Waals surface area contributed by atoms with Gasteiger partial charge in [0.1, 0.15) is 11.4 Å². The Bertz CT molecular complexity index is 1660. The summed E-state index contributed by atoms with van der Waals surface area (Å²) in [5.74, 6) is -0.430. The van der Waals surface area contributed by atoms with E-state index in [0.717, 1.165) is 23.5 Å². The number of anilines is 2. The fourth-order valence-corrected chi connectivity index (χ4v) is 5.33. The Kier molecular flexibility index (Phi) is 12.5. The predicted molar refractivity (Wildman–Crippen MR) is 184 cm³/mol. The Labute approximate surface area is 277 Å². The summed E-state index contributed by atoms with van der Waals surface area (Å²) in [4.78, 5) is 40.1. The predicted octanol–water partition coefficient (Wildman–Crippen LogP) is 8.70. The zero-order valence-corrected chi connectivity index (χ0v) is 27.1. The van der Waals surface area contributed by atoms with Gasteiger partial charge in [-0.1, -0.05) is 72.9 Å². The zero-order valence-electron chi connectivity index (χ0n) is 24.8. The minimum atomic E-state index is -0.564. The number of benzene rings is 4. The minimum absolute atomic E-state index is 0.0272. The molecule has 0 fully saturated rings. The molecule has 232 valence electrons. The van der Waals surface area contributed by atoms with Gasteiger partial charge in [0.05, 0.1) is 21.9 Å². The molecule has 3 N–H and O–H groups in total. The lowest BCUT2D eigenvalue weighted by Crippen LogP contribution is -2.30. The number of hydrogen-bond donors (Lipinski definition) is 3. The second kappa shape index (κ2) is 16.7. The molecule has 0 saturated heterocycles. The highest BCUT2D eigenvalue weighted by Crippen LogP contribution is 2.29. The zero-order chi connectivity index (χ0) is 32.2. The summed E-state index contributed by atoms with van der Waals surface area (Å²) >= 11 is 13.9. The van der Waals surface area contributed by atoms with Crippen LogP contribution in [0, 0.1) is 0 Å². The van der Waals surface area contributed by atoms with Crippen LogP contribution < -0.4 is 20.7 Å². The number of carbonyl (C=O) groups excluding carboxylic acids is 3. The van der Waals surface area contributed by atoms with Gasteiger partial charge in [0.2, 0.25) is 5.91 Å². The van der Waals surface area contributed by atoms with Gasteiger partial charge in [0.25, 0.3) is 11.8 Å². The number of rotatable bonds is 13. The van der Waals surface area contributed by atoms with Crippen LogP contribution in [0.5, 0.6) is 5.75 Å². The highest BCUT2D eigenvalue weighted by atomic mass is 35.5. The van der Waals surface area contributed by atoms with Crippen molar-refractivity contribution in [2.24, 2.45) is 0 Å². The molecule has 4 aromatic carbocycles. The summed E-state index contributed by atoms with van der Waals surface area (Å²) in [5.41, 5.74) is 1.97. The standard InChI is InChI=1S/C35H33Cl2N3O4S/c1-3-4-20-44-28-18-16-26(17-19-28)38-33(41)23(2)45-29-14-9-13-27(22-29)39-35(43)31(21-25-12-8-15-30(36)32(25)37)40-34(42)24-10-6-5-7-11-24/h5-19,21-23H,3-4,20H2,1-2H3,(H,38,41)(H,39,43)(H,40,42)/b31-21+. The molecule has 1 atom stereocenters. The SMILES string of the molecule is CCCCOc1ccc(NC(=O)C(C)Sc2cccc(NC(=O)/C(=C\c3cccc(Cl)c3Cl)NC(=O)c3ccccc3)c2)cc1. The van der Waals surface area contributed by atoms with Gasteiger partial charge in [-0.3, -0.25) is 14.4 Å². The van der Waals surface area contributed by atoms with E-state index in [1.54, 1.807) is 66.7 Å². The Morgan fingerprint density at radius 2 is 1.60 bits per heavy atom. The summed E-state index contributed by atoms with van der Waals surface area (Å²) in [6.45, 7) is 4.57. The van der Waals surface area contributed by atoms with Crippen LogP contribution in [0.4, 0.5) is 11.4 Å². The van der Waals surface area contributed by atoms with Gasteiger partial charge in [-0.25, -0.2) is 0 Å². The summed E-state index contributed by atoms with van der Waals surface area (Å²) in [6.07, 6.45) is 3.52. The molecule has 4 rings (SSSR count). The average Bonchev–Trinajstić information content (AvgIpc) is 3.04. The molecule has 4 aromatic rings. The lowest BCUT2D eigenvalue weighted by molar-refractivity contribution is -0.115. The van der Waals surface area contributed by atoms with Crippen LogP contribution in [0.2, 0.25) is 10.0 Å². The van der Waals surface area contributed by atoms with Crippen molar-refractivity contribution < 1.29 is 19.1 Å². The van der Waals surface area contributed by atoms with Crippen molar-refractivity contribution in [3.63, 3.8) is 0 Å². The summed E-state index contributed by atoms with van der Waals surface area (Å²) < 4.78 is 5.68. The third-order valence-corrected chi connectivity index (χ3v) is 8.40. The van der Waals surface area contributed by atoms with E-state index in [1.807, 2.05) is 37.3 Å². The van der Waals surface area contributed by atoms with Crippen molar-refractivity contribution in [2.75, 3.05) is 17.2 Å². The molecule has 0 saturated carbocycles. The van der Waals surface area contributed by atoms with Crippen LogP contribution in [0.25, 0.3) is 6.08 Å². The van der Waals surface area contributed by atoms with Gasteiger partial charge in [-0.15, -0.1) is 11.8 Å². The van der Waals surface area contributed by atoms with Crippen LogP contribution in [0.15, 0.2) is 108 Å². The fraction of sp³-hybridized carbons (Fsp3) is 0.171. The smallest absolute Gasteiger partial charge is 0.272 e. The minimum Gasteiger partial charge on any atom is -0.494 e. The largest absolute Gasteiger partial charge is 0.494 e. The second-order valence-corrected chi connectivity index (χ2v) is 12.2. The van der Waals surface area contributed by atoms with Crippen molar-refractivity contribution in [3.8, 4) is 5.75 Å². The number of unbranched alkanes of at least 4 members (excludes halogenated alkanes) is 1. The Morgan fingerprint density at radius 1 is 0.867 bits per heavy atom. The van der Waals surface area contributed by atoms with E-state index in [9.17, 15) is 14.4 Å². The maximum Gasteiger partial charge on any atom is 0.272 e. The maximum absolute atomic E-state index is 13.5. The molecule has 7 nitrogen and oxygen atoms in total. The molecule has 45 heavy (non-hydrogen) atoms. The lowest BCUT2D eigenvalue weighted by Gasteiger charge is -2.14. The molecule has 0 heterocycles. The Balaban J connectivity index is 1.43. The first kappa shape index (κ1) is 33.6. The van der Waals surface area contributed by atoms with Crippen molar-refractivity contribution in [1.29, 1.82) is 0 Å². The number of carbonyl (C=O) groups is 3. The fourth-order valence-electron chi connectivity index (χ4n) is 4.05. The first-order chi connectivity index (χ1) is 21.7. The van der Waals surface area contributed by atoms with E-state index < -0.39 is 17.1 Å². The van der Waals surface area contributed by atoms with Crippen molar-refractivity contribution in [2.45, 2.75) is 36.8 Å². The number of thioether (sulfide) groups is 1. The maximum atomic E-state index is 13.5. The highest BCUT2D eigenvalue weighted by Gasteiger charge is 2.18. The van der Waals surface area contributed by atoms with Crippen LogP contribution >= 0.6 is 35.0 Å². The number of ether oxygens (including phenoxy) is 1. The molecular formula is C35H33Cl2N3O4S. The van der Waals surface area contributed by atoms with E-state index >= 15 is 0 Å². The number of nitrogens with one attached hydrogen (secondary N) is 3. The molecule has 10 heteroatoms. The van der Waals surface area contributed by atoms with Crippen LogP contribution in [0.1, 0.15) is 42.6 Å². The van der Waals surface area contributed by atoms with E-state index in [-0.39, 0.29) is 16.6 Å². The molecule has 0 aliphatic heterocycles. The van der Waals surface area contributed by atoms with Crippen LogP contribution in [-0.2, 0) is 9.59 Å². The third kappa shape index (κ3) is 10.1. The lowest BCUT2D eigenvalue weighted by atomic mass is 10.1. The molecular weight excluding hydrogens is 629 g/mol. The van der Waals surface area contributed by atoms with Gasteiger partial charge in [-0.05, 0) is 85.6 Å². The molecule has 0 spiro atoms. The average molecular weight is 663 g/mol. The van der Waals surface area contributed by atoms with Crippen molar-refractivity contribution >= 4 is 70.1 Å². The number of halogens is 2. The molecule has 0 aliphatic rings. The number of amides is 3. The highest BCUT2D eigenvalue weighted by molar-refractivity contribution is 8.00. The second-order valence-electron chi connectivity index (χ2n) is 9.98. The van der Waals surface area contributed by atoms with E-state index in [0.29, 0.717) is 34.1 Å². The first-order valence-electron chi connectivity index (χ1n) is 14.4. The topological polar surface area (TPSA) is 96.5 Å². The number of hydrogen-bond acceptors (Lipinski definition) is 5. The van der Waals surface area contributed by atoms with Crippen LogP contribution in [0.3, 0.4) is 0 Å². The molecule has 3 amide bonds. The summed E-state index contributed by atoms with van der Waals surface area (Å²) in [6, 6.07) is 28.0.